The van der Waals surface area contributed by atoms with Crippen LogP contribution in [0.1, 0.15) is 26.2 Å². The molecule has 1 fully saturated rings. The van der Waals surface area contributed by atoms with Gasteiger partial charge in [-0.25, -0.2) is 0 Å². The highest BCUT2D eigenvalue weighted by Gasteiger charge is 2.40. The molecule has 0 atom stereocenters. The van der Waals surface area contributed by atoms with Crippen LogP contribution in [0.5, 0.6) is 0 Å². The summed E-state index contributed by atoms with van der Waals surface area (Å²) in [4.78, 5) is 15.2. The highest BCUT2D eigenvalue weighted by molar-refractivity contribution is 5.72. The highest BCUT2D eigenvalue weighted by atomic mass is 16.2. The molecule has 1 aliphatic rings. The third-order valence-electron chi connectivity index (χ3n) is 3.30. The van der Waals surface area contributed by atoms with E-state index in [1.165, 1.54) is 19.3 Å². The summed E-state index contributed by atoms with van der Waals surface area (Å²) in [6.45, 7) is 2.50. The van der Waals surface area contributed by atoms with Gasteiger partial charge in [-0.15, -0.1) is 0 Å². The van der Waals surface area contributed by atoms with E-state index in [-0.39, 0.29) is 11.4 Å². The number of carbonyl (C=O) groups is 1. The van der Waals surface area contributed by atoms with Crippen LogP contribution in [0.15, 0.2) is 0 Å². The van der Waals surface area contributed by atoms with Gasteiger partial charge < -0.3 is 9.80 Å². The van der Waals surface area contributed by atoms with Gasteiger partial charge in [0.15, 0.2) is 0 Å². The lowest BCUT2D eigenvalue weighted by atomic mass is 9.75. The van der Waals surface area contributed by atoms with Crippen LogP contribution in [-0.2, 0) is 4.79 Å². The van der Waals surface area contributed by atoms with Crippen molar-refractivity contribution < 1.29 is 4.79 Å². The molecule has 1 aliphatic carbocycles. The van der Waals surface area contributed by atoms with Crippen molar-refractivity contribution in [3.8, 4) is 0 Å². The quantitative estimate of drug-likeness (QED) is 0.652. The molecule has 0 unspecified atom stereocenters. The maximum Gasteiger partial charge on any atom is 0.219 e. The van der Waals surface area contributed by atoms with E-state index < -0.39 is 0 Å². The Bertz CT molecular complexity index is 197. The minimum absolute atomic E-state index is 0.160. The molecule has 0 heterocycles. The predicted molar refractivity (Wildman–Crippen MR) is 53.6 cm³/mol. The van der Waals surface area contributed by atoms with Crippen LogP contribution in [0.2, 0.25) is 0 Å². The molecule has 3 heteroatoms. The normalized spacial score (nSPS) is 19.8. The van der Waals surface area contributed by atoms with Crippen LogP contribution in [-0.4, -0.2) is 48.9 Å². The number of rotatable bonds is 3. The summed E-state index contributed by atoms with van der Waals surface area (Å²) < 4.78 is 0. The molecule has 0 radical (unpaired) electrons. The summed E-state index contributed by atoms with van der Waals surface area (Å²) in [5.41, 5.74) is 0.264. The second-order valence-corrected chi connectivity index (χ2v) is 4.35. The van der Waals surface area contributed by atoms with E-state index in [1.54, 1.807) is 6.92 Å². The molecule has 1 amide bonds. The first-order chi connectivity index (χ1) is 5.98. The van der Waals surface area contributed by atoms with Crippen LogP contribution < -0.4 is 0 Å². The second-order valence-electron chi connectivity index (χ2n) is 4.35. The largest absolute Gasteiger partial charge is 0.344 e. The third kappa shape index (κ3) is 2.02. The number of nitrogens with zero attached hydrogens (tertiary/aromatic N) is 2. The van der Waals surface area contributed by atoms with E-state index in [0.717, 1.165) is 6.54 Å². The first-order valence-electron chi connectivity index (χ1n) is 4.87. The van der Waals surface area contributed by atoms with Gasteiger partial charge in [-0.05, 0) is 33.4 Å². The Morgan fingerprint density at radius 3 is 2.08 bits per heavy atom. The van der Waals surface area contributed by atoms with E-state index >= 15 is 0 Å². The lowest BCUT2D eigenvalue weighted by molar-refractivity contribution is -0.130. The smallest absolute Gasteiger partial charge is 0.219 e. The standard InChI is InChI=1S/C10H20N2O/c1-9(13)12(4)8-10(11(2)3)6-5-7-10/h5-8H2,1-4H3. The maximum atomic E-state index is 11.1. The van der Waals surface area contributed by atoms with Crippen LogP contribution in [0.3, 0.4) is 0 Å². The van der Waals surface area contributed by atoms with Crippen molar-refractivity contribution in [2.24, 2.45) is 0 Å². The molecule has 13 heavy (non-hydrogen) atoms. The molecule has 3 nitrogen and oxygen atoms in total. The second kappa shape index (κ2) is 3.66. The fourth-order valence-electron chi connectivity index (χ4n) is 1.88. The lowest BCUT2D eigenvalue weighted by Gasteiger charge is -2.49. The van der Waals surface area contributed by atoms with Crippen molar-refractivity contribution in [2.45, 2.75) is 31.7 Å². The van der Waals surface area contributed by atoms with Crippen molar-refractivity contribution >= 4 is 5.91 Å². The van der Waals surface area contributed by atoms with Crippen molar-refractivity contribution in [1.82, 2.24) is 9.80 Å². The minimum atomic E-state index is 0.160. The Labute approximate surface area is 80.7 Å². The van der Waals surface area contributed by atoms with Gasteiger partial charge in [-0.2, -0.15) is 0 Å². The molecule has 0 N–H and O–H groups in total. The van der Waals surface area contributed by atoms with Gasteiger partial charge in [0.05, 0.1) is 0 Å². The van der Waals surface area contributed by atoms with E-state index in [9.17, 15) is 4.79 Å². The first-order valence-corrected chi connectivity index (χ1v) is 4.87. The van der Waals surface area contributed by atoms with E-state index in [0.29, 0.717) is 0 Å². The molecule has 0 saturated heterocycles. The molecule has 76 valence electrons. The SMILES string of the molecule is CC(=O)N(C)CC1(N(C)C)CCC1. The average molecular weight is 184 g/mol. The Hall–Kier alpha value is -0.570. The van der Waals surface area contributed by atoms with Gasteiger partial charge in [0.25, 0.3) is 0 Å². The third-order valence-corrected chi connectivity index (χ3v) is 3.30. The lowest BCUT2D eigenvalue weighted by Crippen LogP contribution is -2.57. The summed E-state index contributed by atoms with van der Waals surface area (Å²) in [5.74, 6) is 0.160. The van der Waals surface area contributed by atoms with Gasteiger partial charge in [0.2, 0.25) is 5.91 Å². The summed E-state index contributed by atoms with van der Waals surface area (Å²) >= 11 is 0. The van der Waals surface area contributed by atoms with E-state index in [1.807, 2.05) is 11.9 Å². The number of hydrogen-bond acceptors (Lipinski definition) is 2. The average Bonchev–Trinajstić information content (AvgIpc) is 1.95. The van der Waals surface area contributed by atoms with E-state index in [4.69, 9.17) is 0 Å². The molecule has 0 aromatic carbocycles. The van der Waals surface area contributed by atoms with Gasteiger partial charge in [-0.3, -0.25) is 4.79 Å². The van der Waals surface area contributed by atoms with Crippen LogP contribution in [0.25, 0.3) is 0 Å². The number of carbonyl (C=O) groups excluding carboxylic acids is 1. The number of likely N-dealkylation sites (N-methyl/N-ethyl adjacent to an activating group) is 2. The van der Waals surface area contributed by atoms with Crippen molar-refractivity contribution in [1.29, 1.82) is 0 Å². The Kier molecular flexibility index (Phi) is 2.96. The minimum Gasteiger partial charge on any atom is -0.344 e. The zero-order chi connectivity index (χ0) is 10.1. The van der Waals surface area contributed by atoms with Crippen molar-refractivity contribution in [2.75, 3.05) is 27.7 Å². The molecular formula is C10H20N2O. The molecule has 0 aromatic rings. The summed E-state index contributed by atoms with van der Waals surface area (Å²) in [6, 6.07) is 0. The molecule has 1 rings (SSSR count). The Morgan fingerprint density at radius 2 is 1.85 bits per heavy atom. The molecule has 0 aliphatic heterocycles. The first kappa shape index (κ1) is 10.5. The number of amides is 1. The van der Waals surface area contributed by atoms with Gasteiger partial charge in [0.1, 0.15) is 0 Å². The maximum absolute atomic E-state index is 11.1. The topological polar surface area (TPSA) is 23.6 Å². The Morgan fingerprint density at radius 1 is 1.31 bits per heavy atom. The van der Waals surface area contributed by atoms with E-state index in [2.05, 4.69) is 19.0 Å². The molecular weight excluding hydrogens is 164 g/mol. The molecule has 1 saturated carbocycles. The fourth-order valence-corrected chi connectivity index (χ4v) is 1.88. The van der Waals surface area contributed by atoms with Crippen LogP contribution in [0.4, 0.5) is 0 Å². The zero-order valence-corrected chi connectivity index (χ0v) is 9.13. The summed E-state index contributed by atoms with van der Waals surface area (Å²) in [7, 11) is 6.09. The molecule has 0 aromatic heterocycles. The molecule has 0 bridgehead atoms. The monoisotopic (exact) mass is 184 g/mol. The number of hydrogen-bond donors (Lipinski definition) is 0. The van der Waals surface area contributed by atoms with Gasteiger partial charge in [-0.1, -0.05) is 0 Å². The zero-order valence-electron chi connectivity index (χ0n) is 9.13. The van der Waals surface area contributed by atoms with Crippen LogP contribution >= 0.6 is 0 Å². The highest BCUT2D eigenvalue weighted by Crippen LogP contribution is 2.36. The van der Waals surface area contributed by atoms with Crippen LogP contribution in [0, 0.1) is 0 Å². The Balaban J connectivity index is 2.54. The van der Waals surface area contributed by atoms with Crippen molar-refractivity contribution in [3.05, 3.63) is 0 Å². The fraction of sp³-hybridized carbons (Fsp3) is 0.900. The predicted octanol–water partition coefficient (Wildman–Crippen LogP) is 0.949. The van der Waals surface area contributed by atoms with Crippen molar-refractivity contribution in [3.63, 3.8) is 0 Å². The summed E-state index contributed by atoms with van der Waals surface area (Å²) in [5, 5.41) is 0. The van der Waals surface area contributed by atoms with Gasteiger partial charge >= 0.3 is 0 Å². The molecule has 0 spiro atoms. The van der Waals surface area contributed by atoms with Gasteiger partial charge in [0, 0.05) is 26.1 Å². The summed E-state index contributed by atoms with van der Waals surface area (Å²) in [6.07, 6.45) is 3.74.